The van der Waals surface area contributed by atoms with Gasteiger partial charge in [0.2, 0.25) is 5.91 Å². The van der Waals surface area contributed by atoms with Gasteiger partial charge in [0.15, 0.2) is 10.6 Å². The molecule has 2 rings (SSSR count). The molecule has 0 aliphatic carbocycles. The Bertz CT molecular complexity index is 713. The molecule has 0 unspecified atom stereocenters. The molecule has 0 atom stereocenters. The summed E-state index contributed by atoms with van der Waals surface area (Å²) in [5, 5.41) is 7.12. The number of nitrogens with zero attached hydrogens (tertiary/aromatic N) is 3. The Morgan fingerprint density at radius 1 is 1.30 bits per heavy atom. The van der Waals surface area contributed by atoms with E-state index >= 15 is 0 Å². The number of carbonyl (C=O) groups is 1. The number of aromatic nitrogens is 3. The number of carbonyl (C=O) groups excluding carboxylic acids is 1. The SMILES string of the molecule is CCCN(CCC)C(=O)Cn1c(-c2cccc(C)c2)n[nH]c1=S. The number of hydrogen-bond acceptors (Lipinski definition) is 3. The first-order chi connectivity index (χ1) is 11.1. The highest BCUT2D eigenvalue weighted by Crippen LogP contribution is 2.18. The monoisotopic (exact) mass is 332 g/mol. The minimum absolute atomic E-state index is 0.0834. The van der Waals surface area contributed by atoms with E-state index in [4.69, 9.17) is 12.2 Å². The summed E-state index contributed by atoms with van der Waals surface area (Å²) >= 11 is 5.31. The first kappa shape index (κ1) is 17.4. The maximum absolute atomic E-state index is 12.6. The van der Waals surface area contributed by atoms with Gasteiger partial charge in [-0.2, -0.15) is 5.10 Å². The number of hydrogen-bond donors (Lipinski definition) is 1. The quantitative estimate of drug-likeness (QED) is 0.789. The Balaban J connectivity index is 2.28. The second kappa shape index (κ2) is 8.06. The first-order valence-electron chi connectivity index (χ1n) is 8.06. The van der Waals surface area contributed by atoms with Gasteiger partial charge in [0, 0.05) is 18.7 Å². The fraction of sp³-hybridized carbons (Fsp3) is 0.471. The second-order valence-corrected chi connectivity index (χ2v) is 6.08. The van der Waals surface area contributed by atoms with Gasteiger partial charge in [-0.3, -0.25) is 14.5 Å². The maximum atomic E-state index is 12.6. The van der Waals surface area contributed by atoms with Gasteiger partial charge in [0.05, 0.1) is 0 Å². The highest BCUT2D eigenvalue weighted by atomic mass is 32.1. The van der Waals surface area contributed by atoms with E-state index < -0.39 is 0 Å². The van der Waals surface area contributed by atoms with Crippen molar-refractivity contribution in [2.24, 2.45) is 0 Å². The van der Waals surface area contributed by atoms with Gasteiger partial charge in [-0.25, -0.2) is 0 Å². The smallest absolute Gasteiger partial charge is 0.242 e. The van der Waals surface area contributed by atoms with Crippen LogP contribution < -0.4 is 0 Å². The predicted octanol–water partition coefficient (Wildman–Crippen LogP) is 3.56. The van der Waals surface area contributed by atoms with Crippen molar-refractivity contribution in [1.82, 2.24) is 19.7 Å². The lowest BCUT2D eigenvalue weighted by Gasteiger charge is -2.22. The zero-order valence-electron chi connectivity index (χ0n) is 14.0. The molecule has 0 saturated carbocycles. The third-order valence-electron chi connectivity index (χ3n) is 3.67. The van der Waals surface area contributed by atoms with Gasteiger partial charge < -0.3 is 4.90 Å². The molecule has 0 spiro atoms. The summed E-state index contributed by atoms with van der Waals surface area (Å²) in [7, 11) is 0. The van der Waals surface area contributed by atoms with Crippen molar-refractivity contribution in [2.45, 2.75) is 40.2 Å². The van der Waals surface area contributed by atoms with Crippen molar-refractivity contribution < 1.29 is 4.79 Å². The molecule has 0 radical (unpaired) electrons. The third kappa shape index (κ3) is 4.28. The molecule has 0 bridgehead atoms. The van der Waals surface area contributed by atoms with Crippen LogP contribution in [-0.2, 0) is 11.3 Å². The highest BCUT2D eigenvalue weighted by molar-refractivity contribution is 7.71. The van der Waals surface area contributed by atoms with Crippen LogP contribution in [-0.4, -0.2) is 38.7 Å². The summed E-state index contributed by atoms with van der Waals surface area (Å²) in [6.07, 6.45) is 1.90. The van der Waals surface area contributed by atoms with Crippen LogP contribution in [0.2, 0.25) is 0 Å². The fourth-order valence-corrected chi connectivity index (χ4v) is 2.80. The third-order valence-corrected chi connectivity index (χ3v) is 3.98. The standard InChI is InChI=1S/C17H24N4OS/c1-4-9-20(10-5-2)15(22)12-21-16(18-19-17(21)23)14-8-6-7-13(3)11-14/h6-8,11H,4-5,9-10,12H2,1-3H3,(H,19,23). The number of amides is 1. The molecule has 1 heterocycles. The van der Waals surface area contributed by atoms with Crippen LogP contribution in [0.1, 0.15) is 32.3 Å². The molecule has 0 aliphatic rings. The average molecular weight is 332 g/mol. The molecule has 1 N–H and O–H groups in total. The van der Waals surface area contributed by atoms with Crippen molar-refractivity contribution in [2.75, 3.05) is 13.1 Å². The summed E-state index contributed by atoms with van der Waals surface area (Å²) in [6.45, 7) is 7.97. The zero-order chi connectivity index (χ0) is 16.8. The van der Waals surface area contributed by atoms with Gasteiger partial charge in [-0.15, -0.1) is 0 Å². The number of H-pyrrole nitrogens is 1. The van der Waals surface area contributed by atoms with Gasteiger partial charge in [0.1, 0.15) is 6.54 Å². The molecule has 1 amide bonds. The van der Waals surface area contributed by atoms with Crippen molar-refractivity contribution in [3.63, 3.8) is 0 Å². The van der Waals surface area contributed by atoms with E-state index in [2.05, 4.69) is 24.0 Å². The number of aryl methyl sites for hydroxylation is 1. The number of aromatic amines is 1. The number of benzene rings is 1. The first-order valence-corrected chi connectivity index (χ1v) is 8.47. The fourth-order valence-electron chi connectivity index (χ4n) is 2.61. The van der Waals surface area contributed by atoms with Crippen LogP contribution in [0.4, 0.5) is 0 Å². The Labute approximate surface area is 142 Å². The Hall–Kier alpha value is -1.95. The van der Waals surface area contributed by atoms with Crippen molar-refractivity contribution in [1.29, 1.82) is 0 Å². The maximum Gasteiger partial charge on any atom is 0.242 e. The summed E-state index contributed by atoms with van der Waals surface area (Å²) < 4.78 is 2.26. The van der Waals surface area contributed by atoms with E-state index in [0.717, 1.165) is 37.1 Å². The summed E-state index contributed by atoms with van der Waals surface area (Å²) in [4.78, 5) is 14.5. The number of nitrogens with one attached hydrogen (secondary N) is 1. The van der Waals surface area contributed by atoms with Crippen molar-refractivity contribution >= 4 is 18.1 Å². The van der Waals surface area contributed by atoms with Crippen molar-refractivity contribution in [3.8, 4) is 11.4 Å². The second-order valence-electron chi connectivity index (χ2n) is 5.69. The Morgan fingerprint density at radius 3 is 2.61 bits per heavy atom. The topological polar surface area (TPSA) is 53.9 Å². The van der Waals surface area contributed by atoms with Gasteiger partial charge in [0.25, 0.3) is 0 Å². The molecule has 5 nitrogen and oxygen atoms in total. The van der Waals surface area contributed by atoms with E-state index in [1.54, 1.807) is 4.57 Å². The molecule has 1 aromatic carbocycles. The molecule has 23 heavy (non-hydrogen) atoms. The Morgan fingerprint density at radius 2 is 2.00 bits per heavy atom. The van der Waals surface area contributed by atoms with Crippen LogP contribution in [0.25, 0.3) is 11.4 Å². The zero-order valence-corrected chi connectivity index (χ0v) is 14.8. The molecule has 1 aromatic heterocycles. The molecule has 0 fully saturated rings. The van der Waals surface area contributed by atoms with E-state index in [0.29, 0.717) is 10.6 Å². The van der Waals surface area contributed by atoms with Gasteiger partial charge >= 0.3 is 0 Å². The minimum atomic E-state index is 0.0834. The van der Waals surface area contributed by atoms with Crippen molar-refractivity contribution in [3.05, 3.63) is 34.6 Å². The number of rotatable bonds is 7. The summed E-state index contributed by atoms with van der Waals surface area (Å²) in [5.41, 5.74) is 2.11. The van der Waals surface area contributed by atoms with E-state index in [1.165, 1.54) is 0 Å². The lowest BCUT2D eigenvalue weighted by molar-refractivity contribution is -0.131. The van der Waals surface area contributed by atoms with Crippen LogP contribution in [0.5, 0.6) is 0 Å². The van der Waals surface area contributed by atoms with Gasteiger partial charge in [-0.1, -0.05) is 37.6 Å². The molecular weight excluding hydrogens is 308 g/mol. The van der Waals surface area contributed by atoms with E-state index in [-0.39, 0.29) is 12.5 Å². The largest absolute Gasteiger partial charge is 0.341 e. The molecule has 0 saturated heterocycles. The van der Waals surface area contributed by atoms with E-state index in [1.807, 2.05) is 36.1 Å². The average Bonchev–Trinajstić information content (AvgIpc) is 2.88. The Kier molecular flexibility index (Phi) is 6.10. The molecule has 6 heteroatoms. The lowest BCUT2D eigenvalue weighted by Crippen LogP contribution is -2.35. The molecular formula is C17H24N4OS. The molecule has 0 aliphatic heterocycles. The summed E-state index contributed by atoms with van der Waals surface area (Å²) in [5.74, 6) is 0.792. The van der Waals surface area contributed by atoms with Crippen LogP contribution in [0, 0.1) is 11.7 Å². The minimum Gasteiger partial charge on any atom is -0.341 e. The van der Waals surface area contributed by atoms with Crippen LogP contribution in [0.15, 0.2) is 24.3 Å². The summed E-state index contributed by atoms with van der Waals surface area (Å²) in [6, 6.07) is 8.04. The molecule has 2 aromatic rings. The molecule has 124 valence electrons. The normalized spacial score (nSPS) is 10.7. The highest BCUT2D eigenvalue weighted by Gasteiger charge is 2.16. The van der Waals surface area contributed by atoms with Crippen LogP contribution >= 0.6 is 12.2 Å². The van der Waals surface area contributed by atoms with Crippen LogP contribution in [0.3, 0.4) is 0 Å². The predicted molar refractivity (Wildman–Crippen MR) is 94.7 cm³/mol. The van der Waals surface area contributed by atoms with E-state index in [9.17, 15) is 4.79 Å². The lowest BCUT2D eigenvalue weighted by atomic mass is 10.1. The van der Waals surface area contributed by atoms with Gasteiger partial charge in [-0.05, 0) is 38.0 Å².